The molecule has 3 atom stereocenters. The van der Waals surface area contributed by atoms with E-state index in [4.69, 9.17) is 0 Å². The molecule has 0 aromatic rings. The van der Waals surface area contributed by atoms with Gasteiger partial charge >= 0.3 is 0 Å². The molecule has 0 heterocycles. The van der Waals surface area contributed by atoms with Gasteiger partial charge in [0, 0.05) is 0 Å². The van der Waals surface area contributed by atoms with Crippen molar-refractivity contribution in [3.63, 3.8) is 0 Å². The summed E-state index contributed by atoms with van der Waals surface area (Å²) in [5.74, 6) is 2.23. The Kier molecular flexibility index (Phi) is 1.74. The van der Waals surface area contributed by atoms with Crippen molar-refractivity contribution in [1.29, 1.82) is 0 Å². The Morgan fingerprint density at radius 3 is 2.64 bits per heavy atom. The lowest BCUT2D eigenvalue weighted by atomic mass is 9.72. The average Bonchev–Trinajstić information content (AvgIpc) is 2.45. The normalized spacial score (nSPS) is 48.5. The summed E-state index contributed by atoms with van der Waals surface area (Å²) in [6, 6.07) is 0. The molecule has 2 aliphatic rings. The Bertz CT molecular complexity index is 150. The van der Waals surface area contributed by atoms with Crippen molar-refractivity contribution in [2.75, 3.05) is 0 Å². The maximum absolute atomic E-state index is 2.53. The summed E-state index contributed by atoms with van der Waals surface area (Å²) in [6.45, 7) is 4.86. The molecule has 0 N–H and O–H groups in total. The second kappa shape index (κ2) is 2.50. The molecule has 2 saturated carbocycles. The van der Waals surface area contributed by atoms with E-state index in [0.29, 0.717) is 0 Å². The van der Waals surface area contributed by atoms with Gasteiger partial charge in [-0.1, -0.05) is 26.7 Å². The molecule has 0 aliphatic heterocycles. The summed E-state index contributed by atoms with van der Waals surface area (Å²) in [5.41, 5.74) is 0.762. The van der Waals surface area contributed by atoms with Crippen molar-refractivity contribution in [2.45, 2.75) is 52.4 Å². The summed E-state index contributed by atoms with van der Waals surface area (Å²) in [5, 5.41) is 0. The van der Waals surface area contributed by atoms with Crippen LogP contribution in [0.25, 0.3) is 0 Å². The lowest BCUT2D eigenvalue weighted by Crippen LogP contribution is -2.23. The van der Waals surface area contributed by atoms with Crippen molar-refractivity contribution < 1.29 is 0 Å². The molecule has 64 valence electrons. The zero-order valence-corrected chi connectivity index (χ0v) is 7.90. The van der Waals surface area contributed by atoms with Crippen LogP contribution >= 0.6 is 0 Å². The van der Waals surface area contributed by atoms with Crippen LogP contribution in [0.2, 0.25) is 0 Å². The topological polar surface area (TPSA) is 0 Å². The van der Waals surface area contributed by atoms with Crippen molar-refractivity contribution in [3.8, 4) is 0 Å². The number of hydrogen-bond acceptors (Lipinski definition) is 0. The fourth-order valence-electron chi connectivity index (χ4n) is 3.60. The molecule has 0 nitrogen and oxygen atoms in total. The second-order valence-electron chi connectivity index (χ2n) is 4.98. The van der Waals surface area contributed by atoms with E-state index in [2.05, 4.69) is 13.8 Å². The van der Waals surface area contributed by atoms with E-state index in [-0.39, 0.29) is 0 Å². The number of fused-ring (bicyclic) bond motifs is 2. The van der Waals surface area contributed by atoms with Gasteiger partial charge in [-0.15, -0.1) is 0 Å². The van der Waals surface area contributed by atoms with Gasteiger partial charge in [-0.05, 0) is 42.9 Å². The molecule has 2 fully saturated rings. The average molecular weight is 152 g/mol. The van der Waals surface area contributed by atoms with Gasteiger partial charge in [-0.25, -0.2) is 0 Å². The Labute approximate surface area is 70.4 Å². The highest BCUT2D eigenvalue weighted by Gasteiger charge is 2.46. The molecule has 2 bridgehead atoms. The summed E-state index contributed by atoms with van der Waals surface area (Å²) in [4.78, 5) is 0. The van der Waals surface area contributed by atoms with Crippen LogP contribution in [0.1, 0.15) is 52.4 Å². The molecule has 0 heteroatoms. The van der Waals surface area contributed by atoms with E-state index >= 15 is 0 Å². The number of rotatable bonds is 2. The molecule has 0 amide bonds. The van der Waals surface area contributed by atoms with Gasteiger partial charge < -0.3 is 0 Å². The highest BCUT2D eigenvalue weighted by atomic mass is 14.5. The first-order valence-electron chi connectivity index (χ1n) is 5.24. The zero-order chi connectivity index (χ0) is 7.90. The predicted molar refractivity (Wildman–Crippen MR) is 48.5 cm³/mol. The minimum Gasteiger partial charge on any atom is -0.0654 e. The van der Waals surface area contributed by atoms with E-state index < -0.39 is 0 Å². The van der Waals surface area contributed by atoms with Crippen LogP contribution in [0, 0.1) is 17.3 Å². The molecular formula is C11H20. The predicted octanol–water partition coefficient (Wildman–Crippen LogP) is 3.61. The van der Waals surface area contributed by atoms with Crippen LogP contribution in [0.15, 0.2) is 0 Å². The fourth-order valence-corrected chi connectivity index (χ4v) is 3.60. The molecular weight excluding hydrogens is 132 g/mol. The van der Waals surface area contributed by atoms with Crippen LogP contribution in [0.3, 0.4) is 0 Å². The van der Waals surface area contributed by atoms with E-state index in [9.17, 15) is 0 Å². The SMILES string of the molecule is CCCC1(C)CC2CCC1C2. The van der Waals surface area contributed by atoms with E-state index in [1.165, 1.54) is 12.8 Å². The largest absolute Gasteiger partial charge is 0.0654 e. The summed E-state index contributed by atoms with van der Waals surface area (Å²) < 4.78 is 0. The Morgan fingerprint density at radius 1 is 1.36 bits per heavy atom. The van der Waals surface area contributed by atoms with Crippen LogP contribution in [0.5, 0.6) is 0 Å². The van der Waals surface area contributed by atoms with Crippen LogP contribution in [-0.4, -0.2) is 0 Å². The molecule has 3 unspecified atom stereocenters. The zero-order valence-electron chi connectivity index (χ0n) is 7.90. The fraction of sp³-hybridized carbons (Fsp3) is 1.00. The third-order valence-corrected chi connectivity index (χ3v) is 4.10. The minimum atomic E-state index is 0.762. The van der Waals surface area contributed by atoms with Crippen molar-refractivity contribution in [1.82, 2.24) is 0 Å². The van der Waals surface area contributed by atoms with E-state index in [1.54, 1.807) is 25.7 Å². The van der Waals surface area contributed by atoms with Crippen LogP contribution in [0.4, 0.5) is 0 Å². The molecule has 0 spiro atoms. The number of hydrogen-bond donors (Lipinski definition) is 0. The Morgan fingerprint density at radius 2 is 2.18 bits per heavy atom. The first-order valence-corrected chi connectivity index (χ1v) is 5.24. The molecule has 0 aromatic heterocycles. The van der Waals surface area contributed by atoms with E-state index in [1.807, 2.05) is 0 Å². The third kappa shape index (κ3) is 1.11. The van der Waals surface area contributed by atoms with Gasteiger partial charge in [0.15, 0.2) is 0 Å². The smallest absolute Gasteiger partial charge is 0.0295 e. The Hall–Kier alpha value is 0. The molecule has 0 radical (unpaired) electrons. The lowest BCUT2D eigenvalue weighted by molar-refractivity contribution is 0.172. The van der Waals surface area contributed by atoms with Crippen LogP contribution < -0.4 is 0 Å². The third-order valence-electron chi connectivity index (χ3n) is 4.10. The van der Waals surface area contributed by atoms with Gasteiger partial charge in [0.2, 0.25) is 0 Å². The second-order valence-corrected chi connectivity index (χ2v) is 4.98. The van der Waals surface area contributed by atoms with Gasteiger partial charge in [0.25, 0.3) is 0 Å². The lowest BCUT2D eigenvalue weighted by Gasteiger charge is -2.33. The first-order chi connectivity index (χ1) is 5.24. The van der Waals surface area contributed by atoms with Gasteiger partial charge in [-0.2, -0.15) is 0 Å². The van der Waals surface area contributed by atoms with Crippen molar-refractivity contribution in [2.24, 2.45) is 17.3 Å². The summed E-state index contributed by atoms with van der Waals surface area (Å²) in [6.07, 6.45) is 9.07. The highest BCUT2D eigenvalue weighted by Crippen LogP contribution is 2.57. The van der Waals surface area contributed by atoms with Gasteiger partial charge in [0.05, 0.1) is 0 Å². The quantitative estimate of drug-likeness (QED) is 0.567. The maximum atomic E-state index is 2.53. The monoisotopic (exact) mass is 152 g/mol. The highest BCUT2D eigenvalue weighted by molar-refractivity contribution is 4.97. The summed E-state index contributed by atoms with van der Waals surface area (Å²) >= 11 is 0. The Balaban J connectivity index is 2.04. The molecule has 2 rings (SSSR count). The van der Waals surface area contributed by atoms with Gasteiger partial charge in [0.1, 0.15) is 0 Å². The summed E-state index contributed by atoms with van der Waals surface area (Å²) in [7, 11) is 0. The maximum Gasteiger partial charge on any atom is -0.0295 e. The van der Waals surface area contributed by atoms with Gasteiger partial charge in [-0.3, -0.25) is 0 Å². The molecule has 0 saturated heterocycles. The molecule has 0 aromatic carbocycles. The van der Waals surface area contributed by atoms with Crippen molar-refractivity contribution in [3.05, 3.63) is 0 Å². The minimum absolute atomic E-state index is 0.762. The van der Waals surface area contributed by atoms with E-state index in [0.717, 1.165) is 17.3 Å². The molecule has 2 aliphatic carbocycles. The van der Waals surface area contributed by atoms with Crippen LogP contribution in [-0.2, 0) is 0 Å². The van der Waals surface area contributed by atoms with Crippen molar-refractivity contribution >= 4 is 0 Å². The first kappa shape index (κ1) is 7.64. The molecule has 11 heavy (non-hydrogen) atoms. The standard InChI is InChI=1S/C11H20/c1-3-6-11(2)8-9-4-5-10(11)7-9/h9-10H,3-8H2,1-2H3.